The molecule has 4 heterocycles. The number of carbonyl (C=O) groups excluding carboxylic acids is 1. The summed E-state index contributed by atoms with van der Waals surface area (Å²) in [5.74, 6) is 0.0444. The molecule has 12 nitrogen and oxygen atoms in total. The quantitative estimate of drug-likeness (QED) is 0.355. The lowest BCUT2D eigenvalue weighted by Crippen LogP contribution is -2.51. The molecule has 216 valence electrons. The Morgan fingerprint density at radius 3 is 2.59 bits per heavy atom. The van der Waals surface area contributed by atoms with Gasteiger partial charge in [-0.1, -0.05) is 17.7 Å². The Morgan fingerprint density at radius 1 is 1.07 bits per heavy atom. The van der Waals surface area contributed by atoms with Gasteiger partial charge in [-0.15, -0.1) is 5.10 Å². The van der Waals surface area contributed by atoms with Gasteiger partial charge in [0.25, 0.3) is 5.56 Å². The predicted molar refractivity (Wildman–Crippen MR) is 153 cm³/mol. The SMILES string of the molecule is Cc1ccc(S(=O)(=O)c2n[nH]n3c2nc(=O)c2ccc(N4CCN(CC(=O)N5CCCC(O)C5)CC4)cc23)c(C)c1. The number of likely N-dealkylation sites (tertiary alicyclic amines) is 1. The zero-order valence-electron chi connectivity index (χ0n) is 23.1. The number of β-amino-alcohol motifs (C(OH)–C–C–N with tert-alkyl or cyclic N) is 1. The number of aryl methyl sites for hydroxylation is 2. The van der Waals surface area contributed by atoms with Gasteiger partial charge in [-0.25, -0.2) is 18.1 Å². The van der Waals surface area contributed by atoms with Crippen LogP contribution in [0.5, 0.6) is 0 Å². The Bertz CT molecular complexity index is 1810. The van der Waals surface area contributed by atoms with Gasteiger partial charge in [0.1, 0.15) is 0 Å². The van der Waals surface area contributed by atoms with Crippen molar-refractivity contribution >= 4 is 38.0 Å². The summed E-state index contributed by atoms with van der Waals surface area (Å²) < 4.78 is 28.5. The molecule has 1 amide bonds. The van der Waals surface area contributed by atoms with Crippen molar-refractivity contribution in [2.75, 3.05) is 50.7 Å². The number of hydrogen-bond acceptors (Lipinski definition) is 9. The van der Waals surface area contributed by atoms with Crippen molar-refractivity contribution in [3.8, 4) is 0 Å². The first-order chi connectivity index (χ1) is 19.6. The van der Waals surface area contributed by atoms with E-state index in [-0.39, 0.29) is 21.5 Å². The van der Waals surface area contributed by atoms with Crippen LogP contribution in [-0.4, -0.2) is 101 Å². The fourth-order valence-corrected chi connectivity index (χ4v) is 7.29. The van der Waals surface area contributed by atoms with Gasteiger partial charge >= 0.3 is 0 Å². The number of nitrogens with one attached hydrogen (secondary N) is 1. The number of aliphatic hydroxyl groups excluding tert-OH is 1. The highest BCUT2D eigenvalue weighted by molar-refractivity contribution is 7.91. The summed E-state index contributed by atoms with van der Waals surface area (Å²) in [5, 5.41) is 16.8. The van der Waals surface area contributed by atoms with Gasteiger partial charge < -0.3 is 14.9 Å². The maximum Gasteiger partial charge on any atom is 0.281 e. The van der Waals surface area contributed by atoms with E-state index in [1.807, 2.05) is 19.1 Å². The lowest BCUT2D eigenvalue weighted by atomic mass is 10.1. The Morgan fingerprint density at radius 2 is 1.85 bits per heavy atom. The minimum absolute atomic E-state index is 0.0444. The number of carbonyl (C=O) groups is 1. The van der Waals surface area contributed by atoms with Crippen molar-refractivity contribution in [2.45, 2.75) is 42.7 Å². The van der Waals surface area contributed by atoms with Crippen LogP contribution in [0.15, 0.2) is 51.1 Å². The van der Waals surface area contributed by atoms with E-state index >= 15 is 0 Å². The molecule has 2 N–H and O–H groups in total. The molecule has 13 heteroatoms. The monoisotopic (exact) mass is 579 g/mol. The lowest BCUT2D eigenvalue weighted by molar-refractivity contribution is -0.135. The molecule has 0 saturated carbocycles. The van der Waals surface area contributed by atoms with Crippen molar-refractivity contribution in [1.82, 2.24) is 29.6 Å². The number of piperidine rings is 1. The number of hydrogen-bond donors (Lipinski definition) is 2. The molecule has 4 aromatic rings. The number of amides is 1. The van der Waals surface area contributed by atoms with E-state index in [4.69, 9.17) is 0 Å². The third-order valence-electron chi connectivity index (χ3n) is 8.03. The van der Waals surface area contributed by atoms with Gasteiger partial charge in [-0.3, -0.25) is 14.5 Å². The molecule has 1 unspecified atom stereocenters. The first kappa shape index (κ1) is 27.4. The summed E-state index contributed by atoms with van der Waals surface area (Å²) in [7, 11) is -4.04. The molecule has 2 aromatic carbocycles. The zero-order chi connectivity index (χ0) is 28.9. The highest BCUT2D eigenvalue weighted by Crippen LogP contribution is 2.27. The van der Waals surface area contributed by atoms with Crippen LogP contribution in [0.4, 0.5) is 5.69 Å². The second-order valence-corrected chi connectivity index (χ2v) is 12.8. The molecule has 0 bridgehead atoms. The number of aliphatic hydroxyl groups is 1. The normalized spacial score (nSPS) is 18.9. The van der Waals surface area contributed by atoms with E-state index in [0.717, 1.165) is 24.1 Å². The number of rotatable bonds is 5. The van der Waals surface area contributed by atoms with Gasteiger partial charge in [0.2, 0.25) is 20.8 Å². The molecular weight excluding hydrogens is 546 g/mol. The van der Waals surface area contributed by atoms with Crippen LogP contribution in [0.2, 0.25) is 0 Å². The molecule has 2 fully saturated rings. The topological polar surface area (TPSA) is 144 Å². The number of sulfone groups is 1. The third kappa shape index (κ3) is 5.09. The van der Waals surface area contributed by atoms with Crippen LogP contribution in [0.1, 0.15) is 24.0 Å². The summed E-state index contributed by atoms with van der Waals surface area (Å²) in [5.41, 5.74) is 2.30. The molecule has 0 aliphatic carbocycles. The molecule has 2 saturated heterocycles. The van der Waals surface area contributed by atoms with E-state index in [1.54, 1.807) is 36.1 Å². The molecule has 2 aliphatic heterocycles. The second kappa shape index (κ2) is 10.5. The van der Waals surface area contributed by atoms with E-state index in [1.165, 1.54) is 4.52 Å². The van der Waals surface area contributed by atoms with E-state index < -0.39 is 21.5 Å². The molecule has 0 radical (unpaired) electrons. The summed E-state index contributed by atoms with van der Waals surface area (Å²) in [4.78, 5) is 35.9. The molecule has 0 spiro atoms. The van der Waals surface area contributed by atoms with Crippen LogP contribution in [0, 0.1) is 13.8 Å². The molecule has 6 rings (SSSR count). The maximum absolute atomic E-state index is 13.5. The van der Waals surface area contributed by atoms with Gasteiger partial charge in [0.15, 0.2) is 5.65 Å². The smallest absolute Gasteiger partial charge is 0.281 e. The van der Waals surface area contributed by atoms with Crippen molar-refractivity contribution in [3.63, 3.8) is 0 Å². The molecule has 41 heavy (non-hydrogen) atoms. The average molecular weight is 580 g/mol. The zero-order valence-corrected chi connectivity index (χ0v) is 23.9. The first-order valence-corrected chi connectivity index (χ1v) is 15.3. The predicted octanol–water partition coefficient (Wildman–Crippen LogP) is 1.13. The fourth-order valence-electron chi connectivity index (χ4n) is 5.82. The Kier molecular flexibility index (Phi) is 7.04. The van der Waals surface area contributed by atoms with Crippen LogP contribution in [0.3, 0.4) is 0 Å². The number of nitrogens with zero attached hydrogens (tertiary/aromatic N) is 6. The van der Waals surface area contributed by atoms with Gasteiger partial charge in [-0.2, -0.15) is 4.98 Å². The standard InChI is InChI=1S/C28H33N7O5S/c1-18-5-8-24(19(2)14-18)41(39,40)28-26-29-27(38)22-7-6-20(15-23(22)35(26)31-30-28)33-12-10-32(11-13-33)17-25(37)34-9-3-4-21(36)16-34/h5-8,14-15,21,31,36H,3-4,9-13,16-17H2,1-2H3. The minimum atomic E-state index is -4.04. The Labute approximate surface area is 237 Å². The number of fused-ring (bicyclic) bond motifs is 3. The van der Waals surface area contributed by atoms with Crippen molar-refractivity contribution in [2.24, 2.45) is 0 Å². The number of aromatic nitrogens is 4. The number of anilines is 1. The average Bonchev–Trinajstić information content (AvgIpc) is 3.38. The van der Waals surface area contributed by atoms with Gasteiger partial charge in [-0.05, 0) is 56.5 Å². The number of H-pyrrole nitrogens is 1. The van der Waals surface area contributed by atoms with Crippen LogP contribution >= 0.6 is 0 Å². The van der Waals surface area contributed by atoms with Crippen molar-refractivity contribution in [3.05, 3.63) is 57.9 Å². The summed E-state index contributed by atoms with van der Waals surface area (Å²) >= 11 is 0. The third-order valence-corrected chi connectivity index (χ3v) is 9.85. The van der Waals surface area contributed by atoms with Gasteiger partial charge in [0.05, 0.1) is 28.4 Å². The summed E-state index contributed by atoms with van der Waals surface area (Å²) in [6, 6.07) is 10.5. The van der Waals surface area contributed by atoms with E-state index in [2.05, 4.69) is 25.1 Å². The maximum atomic E-state index is 13.5. The molecule has 2 aliphatic rings. The number of piperazine rings is 1. The largest absolute Gasteiger partial charge is 0.391 e. The van der Waals surface area contributed by atoms with Crippen molar-refractivity contribution < 1.29 is 18.3 Å². The van der Waals surface area contributed by atoms with E-state index in [9.17, 15) is 23.1 Å². The first-order valence-electron chi connectivity index (χ1n) is 13.8. The van der Waals surface area contributed by atoms with Crippen molar-refractivity contribution in [1.29, 1.82) is 0 Å². The van der Waals surface area contributed by atoms with Gasteiger partial charge in [0, 0.05) is 45.0 Å². The lowest BCUT2D eigenvalue weighted by Gasteiger charge is -2.37. The van der Waals surface area contributed by atoms with Crippen LogP contribution in [0.25, 0.3) is 16.6 Å². The highest BCUT2D eigenvalue weighted by Gasteiger charge is 2.29. The van der Waals surface area contributed by atoms with Crippen LogP contribution < -0.4 is 10.5 Å². The molecular formula is C28H33N7O5S. The molecule has 2 aromatic heterocycles. The van der Waals surface area contributed by atoms with E-state index in [0.29, 0.717) is 62.3 Å². The Hall–Kier alpha value is -3.81. The minimum Gasteiger partial charge on any atom is -0.391 e. The Balaban J connectivity index is 1.25. The number of benzene rings is 2. The molecule has 1 atom stereocenters. The summed E-state index contributed by atoms with van der Waals surface area (Å²) in [6.45, 7) is 7.77. The summed E-state index contributed by atoms with van der Waals surface area (Å²) in [6.07, 6.45) is 1.12. The second-order valence-electron chi connectivity index (χ2n) is 11.0. The van der Waals surface area contributed by atoms with Crippen LogP contribution in [-0.2, 0) is 14.6 Å². The fraction of sp³-hybridized carbons (Fsp3) is 0.429. The highest BCUT2D eigenvalue weighted by atomic mass is 32.2. The number of aromatic amines is 1.